The number of benzene rings is 1. The summed E-state index contributed by atoms with van der Waals surface area (Å²) in [4.78, 5) is 18.4. The van der Waals surface area contributed by atoms with Gasteiger partial charge in [-0.1, -0.05) is 12.1 Å². The Morgan fingerprint density at radius 1 is 1.21 bits per heavy atom. The van der Waals surface area contributed by atoms with Gasteiger partial charge in [-0.25, -0.2) is 4.79 Å². The van der Waals surface area contributed by atoms with Gasteiger partial charge in [0.05, 0.1) is 18.8 Å². The molecule has 2 heterocycles. The first-order chi connectivity index (χ1) is 14.1. The van der Waals surface area contributed by atoms with Crippen LogP contribution in [0.4, 0.5) is 0 Å². The van der Waals surface area contributed by atoms with Gasteiger partial charge in [-0.2, -0.15) is 0 Å². The van der Waals surface area contributed by atoms with E-state index in [1.807, 2.05) is 18.3 Å². The summed E-state index contributed by atoms with van der Waals surface area (Å²) in [5.41, 5.74) is 1.71. The van der Waals surface area contributed by atoms with Crippen LogP contribution in [0.3, 0.4) is 0 Å². The van der Waals surface area contributed by atoms with E-state index in [1.54, 1.807) is 24.4 Å². The molecular weight excluding hydrogens is 368 g/mol. The quantitative estimate of drug-likeness (QED) is 0.757. The molecule has 0 spiro atoms. The number of hydrogen-bond donors (Lipinski definition) is 1. The van der Waals surface area contributed by atoms with Gasteiger partial charge in [0, 0.05) is 32.0 Å². The molecule has 1 saturated carbocycles. The molecule has 1 aliphatic heterocycles. The number of likely N-dealkylation sites (tertiary alicyclic amines) is 1. The molecule has 1 aliphatic carbocycles. The lowest BCUT2D eigenvalue weighted by molar-refractivity contribution is -0.0231. The number of aromatic nitrogens is 1. The van der Waals surface area contributed by atoms with E-state index in [4.69, 9.17) is 9.47 Å². The van der Waals surface area contributed by atoms with Crippen LogP contribution in [0.5, 0.6) is 5.75 Å². The highest BCUT2D eigenvalue weighted by Gasteiger charge is 2.42. The minimum absolute atomic E-state index is 0.248. The molecule has 4 atom stereocenters. The van der Waals surface area contributed by atoms with Crippen LogP contribution in [0.1, 0.15) is 28.8 Å². The smallest absolute Gasteiger partial charge is 0.337 e. The van der Waals surface area contributed by atoms with Gasteiger partial charge in [-0.15, -0.1) is 0 Å². The van der Waals surface area contributed by atoms with Gasteiger partial charge in [-0.3, -0.25) is 4.98 Å². The molecular formula is C23H28N2O4. The number of carbonyl (C=O) groups excluding carboxylic acids is 1. The molecule has 154 valence electrons. The van der Waals surface area contributed by atoms with Crippen LogP contribution in [0.25, 0.3) is 0 Å². The third-order valence-corrected chi connectivity index (χ3v) is 6.14. The number of fused-ring (bicyclic) bond motifs is 1. The summed E-state index contributed by atoms with van der Waals surface area (Å²) in [6, 6.07) is 11.1. The average molecular weight is 396 g/mol. The Morgan fingerprint density at radius 3 is 2.79 bits per heavy atom. The first kappa shape index (κ1) is 19.9. The summed E-state index contributed by atoms with van der Waals surface area (Å²) >= 11 is 0. The molecule has 6 heteroatoms. The predicted molar refractivity (Wildman–Crippen MR) is 109 cm³/mol. The van der Waals surface area contributed by atoms with Crippen molar-refractivity contribution in [2.75, 3.05) is 26.7 Å². The van der Waals surface area contributed by atoms with Gasteiger partial charge in [0.15, 0.2) is 0 Å². The van der Waals surface area contributed by atoms with Gasteiger partial charge in [0.1, 0.15) is 11.9 Å². The maximum atomic E-state index is 11.7. The topological polar surface area (TPSA) is 71.9 Å². The van der Waals surface area contributed by atoms with Gasteiger partial charge < -0.3 is 19.5 Å². The summed E-state index contributed by atoms with van der Waals surface area (Å²) < 4.78 is 10.9. The van der Waals surface area contributed by atoms with Crippen LogP contribution in [-0.2, 0) is 11.2 Å². The van der Waals surface area contributed by atoms with E-state index < -0.39 is 6.10 Å². The molecule has 2 aliphatic rings. The SMILES string of the molecule is COC(=O)c1cccc(O[C@@H]2C[C@@H]3CN(CCc4cccnc4)C[C@@H]3C[C@H]2O)c1. The first-order valence-corrected chi connectivity index (χ1v) is 10.3. The fourth-order valence-electron chi connectivity index (χ4n) is 4.62. The molecule has 29 heavy (non-hydrogen) atoms. The predicted octanol–water partition coefficient (Wildman–Crippen LogP) is 2.56. The van der Waals surface area contributed by atoms with E-state index >= 15 is 0 Å². The molecule has 4 rings (SSSR count). The molecule has 6 nitrogen and oxygen atoms in total. The number of nitrogens with zero attached hydrogens (tertiary/aromatic N) is 2. The molecule has 0 amide bonds. The van der Waals surface area contributed by atoms with E-state index in [1.165, 1.54) is 12.7 Å². The molecule has 0 radical (unpaired) electrons. The second-order valence-corrected chi connectivity index (χ2v) is 8.11. The highest BCUT2D eigenvalue weighted by molar-refractivity contribution is 5.89. The van der Waals surface area contributed by atoms with Crippen molar-refractivity contribution in [1.82, 2.24) is 9.88 Å². The lowest BCUT2D eigenvalue weighted by atomic mass is 9.78. The number of esters is 1. The van der Waals surface area contributed by atoms with E-state index in [-0.39, 0.29) is 12.1 Å². The van der Waals surface area contributed by atoms with E-state index in [9.17, 15) is 9.90 Å². The number of methoxy groups -OCH3 is 1. The van der Waals surface area contributed by atoms with Gasteiger partial charge >= 0.3 is 5.97 Å². The van der Waals surface area contributed by atoms with Gasteiger partial charge in [-0.05, 0) is 60.9 Å². The zero-order valence-corrected chi connectivity index (χ0v) is 16.7. The second kappa shape index (κ2) is 8.93. The third-order valence-electron chi connectivity index (χ3n) is 6.14. The Labute approximate surface area is 171 Å². The molecule has 1 saturated heterocycles. The highest BCUT2D eigenvalue weighted by atomic mass is 16.5. The number of ether oxygens (including phenoxy) is 2. The summed E-state index contributed by atoms with van der Waals surface area (Å²) in [5, 5.41) is 10.7. The summed E-state index contributed by atoms with van der Waals surface area (Å²) in [5.74, 6) is 1.25. The summed E-state index contributed by atoms with van der Waals surface area (Å²) in [6.45, 7) is 3.09. The normalized spacial score (nSPS) is 26.7. The fraction of sp³-hybridized carbons (Fsp3) is 0.478. The molecule has 2 fully saturated rings. The van der Waals surface area contributed by atoms with Crippen LogP contribution in [0.2, 0.25) is 0 Å². The fourth-order valence-corrected chi connectivity index (χ4v) is 4.62. The Morgan fingerprint density at radius 2 is 2.03 bits per heavy atom. The monoisotopic (exact) mass is 396 g/mol. The van der Waals surface area contributed by atoms with E-state index in [0.29, 0.717) is 23.1 Å². The molecule has 2 aromatic rings. The molecule has 1 aromatic heterocycles. The van der Waals surface area contributed by atoms with Crippen LogP contribution in [0.15, 0.2) is 48.8 Å². The minimum Gasteiger partial charge on any atom is -0.488 e. The van der Waals surface area contributed by atoms with Crippen molar-refractivity contribution in [3.8, 4) is 5.75 Å². The van der Waals surface area contributed by atoms with Crippen molar-refractivity contribution in [3.05, 3.63) is 59.9 Å². The van der Waals surface area contributed by atoms with E-state index in [0.717, 1.165) is 38.9 Å². The number of pyridine rings is 1. The highest BCUT2D eigenvalue weighted by Crippen LogP contribution is 2.38. The zero-order valence-electron chi connectivity index (χ0n) is 16.7. The molecule has 0 unspecified atom stereocenters. The van der Waals surface area contributed by atoms with Crippen LogP contribution in [0, 0.1) is 11.8 Å². The van der Waals surface area contributed by atoms with E-state index in [2.05, 4.69) is 16.0 Å². The number of carbonyl (C=O) groups is 1. The maximum Gasteiger partial charge on any atom is 0.337 e. The van der Waals surface area contributed by atoms with Crippen molar-refractivity contribution in [2.24, 2.45) is 11.8 Å². The minimum atomic E-state index is -0.490. The number of aliphatic hydroxyl groups is 1. The average Bonchev–Trinajstić information content (AvgIpc) is 3.14. The van der Waals surface area contributed by atoms with Gasteiger partial charge in [0.2, 0.25) is 0 Å². The van der Waals surface area contributed by atoms with Gasteiger partial charge in [0.25, 0.3) is 0 Å². The summed E-state index contributed by atoms with van der Waals surface area (Å²) in [6.07, 6.45) is 5.58. The van der Waals surface area contributed by atoms with Crippen molar-refractivity contribution in [2.45, 2.75) is 31.5 Å². The zero-order chi connectivity index (χ0) is 20.2. The van der Waals surface area contributed by atoms with Crippen molar-refractivity contribution < 1.29 is 19.4 Å². The molecule has 1 N–H and O–H groups in total. The second-order valence-electron chi connectivity index (χ2n) is 8.11. The standard InChI is InChI=1S/C23H28N2O4/c1-28-23(27)17-5-2-6-20(10-17)29-22-12-19-15-25(14-18(19)11-21(22)26)9-7-16-4-3-8-24-13-16/h2-6,8,10,13,18-19,21-22,26H,7,9,11-12,14-15H2,1H3/t18-,19+,21+,22+/m0/s1. The van der Waals surface area contributed by atoms with Crippen molar-refractivity contribution >= 4 is 5.97 Å². The lowest BCUT2D eigenvalue weighted by Crippen LogP contribution is -2.42. The van der Waals surface area contributed by atoms with Crippen LogP contribution in [-0.4, -0.2) is 59.9 Å². The van der Waals surface area contributed by atoms with Crippen LogP contribution < -0.4 is 4.74 Å². The lowest BCUT2D eigenvalue weighted by Gasteiger charge is -2.35. The Hall–Kier alpha value is -2.44. The van der Waals surface area contributed by atoms with Crippen molar-refractivity contribution in [3.63, 3.8) is 0 Å². The number of hydrogen-bond acceptors (Lipinski definition) is 6. The Kier molecular flexibility index (Phi) is 6.11. The number of rotatable bonds is 6. The Balaban J connectivity index is 1.34. The molecule has 0 bridgehead atoms. The van der Waals surface area contributed by atoms with Crippen molar-refractivity contribution in [1.29, 1.82) is 0 Å². The third kappa shape index (κ3) is 4.77. The first-order valence-electron chi connectivity index (χ1n) is 10.3. The summed E-state index contributed by atoms with van der Waals surface area (Å²) in [7, 11) is 1.36. The molecule has 1 aromatic carbocycles. The maximum absolute atomic E-state index is 11.7. The number of aliphatic hydroxyl groups excluding tert-OH is 1. The van der Waals surface area contributed by atoms with Crippen LogP contribution >= 0.6 is 0 Å². The Bertz CT molecular complexity index is 829. The largest absolute Gasteiger partial charge is 0.488 e.